The highest BCUT2D eigenvalue weighted by atomic mass is 35.5. The summed E-state index contributed by atoms with van der Waals surface area (Å²) in [4.78, 5) is 36.8. The number of alkyl halides is 3. The van der Waals surface area contributed by atoms with Crippen LogP contribution in [0, 0.1) is 5.82 Å². The fraction of sp³-hybridized carbons (Fsp3) is 0.421. The maximum atomic E-state index is 14.5. The number of aromatic nitrogens is 2. The molecule has 0 saturated heterocycles. The number of carbonyl (C=O) groups is 1. The van der Waals surface area contributed by atoms with Gasteiger partial charge in [-0.1, -0.05) is 18.0 Å². The van der Waals surface area contributed by atoms with E-state index in [0.29, 0.717) is 12.8 Å². The van der Waals surface area contributed by atoms with Crippen LogP contribution in [0.15, 0.2) is 27.8 Å². The Kier molecular flexibility index (Phi) is 6.44. The van der Waals surface area contributed by atoms with Gasteiger partial charge in [-0.15, -0.1) is 0 Å². The summed E-state index contributed by atoms with van der Waals surface area (Å²) in [5.41, 5.74) is -5.14. The van der Waals surface area contributed by atoms with E-state index in [1.807, 2.05) is 0 Å². The van der Waals surface area contributed by atoms with Gasteiger partial charge in [-0.25, -0.2) is 18.5 Å². The minimum Gasteiger partial charge on any atom is -0.446 e. The molecule has 2 aromatic rings. The van der Waals surface area contributed by atoms with Crippen molar-refractivity contribution < 1.29 is 27.1 Å². The number of ether oxygens (including phenoxy) is 1. The monoisotopic (exact) mass is 463 g/mol. The van der Waals surface area contributed by atoms with E-state index in [-0.39, 0.29) is 32.0 Å². The lowest BCUT2D eigenvalue weighted by Crippen LogP contribution is -2.41. The van der Waals surface area contributed by atoms with Crippen LogP contribution in [0.3, 0.4) is 0 Å². The summed E-state index contributed by atoms with van der Waals surface area (Å²) in [6.07, 6.45) is -1.82. The normalized spacial score (nSPS) is 15.0. The largest absolute Gasteiger partial charge is 0.446 e. The van der Waals surface area contributed by atoms with Gasteiger partial charge in [0.1, 0.15) is 17.6 Å². The molecule has 3 rings (SSSR count). The third-order valence-electron chi connectivity index (χ3n) is 4.95. The molecule has 0 atom stereocenters. The first-order chi connectivity index (χ1) is 14.5. The standard InChI is InChI=1S/C19H18ClF4N3O4/c1-26-15(19(22,23)24)9-16(28)27(18(26)30)14-8-13(11(20)7-12(14)21)25-17(29)31-10-5-3-2-4-6-10/h7-10H,2-6H2,1H3,(H,25,29). The van der Waals surface area contributed by atoms with Crippen LogP contribution in [0.25, 0.3) is 5.69 Å². The SMILES string of the molecule is Cn1c(C(F)(F)F)cc(=O)n(-c2cc(NC(=O)OC3CCCCC3)c(Cl)cc2F)c1=O. The Morgan fingerprint density at radius 3 is 2.42 bits per heavy atom. The maximum Gasteiger partial charge on any atom is 0.431 e. The van der Waals surface area contributed by atoms with Crippen molar-refractivity contribution >= 4 is 23.4 Å². The summed E-state index contributed by atoms with van der Waals surface area (Å²) >= 11 is 5.94. The van der Waals surface area contributed by atoms with E-state index in [4.69, 9.17) is 16.3 Å². The van der Waals surface area contributed by atoms with Gasteiger partial charge in [0.2, 0.25) is 0 Å². The fourth-order valence-electron chi connectivity index (χ4n) is 3.40. The van der Waals surface area contributed by atoms with Crippen LogP contribution in [0.4, 0.5) is 28.0 Å². The number of anilines is 1. The zero-order chi connectivity index (χ0) is 22.9. The predicted octanol–water partition coefficient (Wildman–Crippen LogP) is 4.23. The van der Waals surface area contributed by atoms with E-state index in [2.05, 4.69) is 5.32 Å². The van der Waals surface area contributed by atoms with Crippen molar-refractivity contribution in [3.63, 3.8) is 0 Å². The summed E-state index contributed by atoms with van der Waals surface area (Å²) < 4.78 is 59.2. The predicted molar refractivity (Wildman–Crippen MR) is 104 cm³/mol. The molecule has 1 aromatic carbocycles. The summed E-state index contributed by atoms with van der Waals surface area (Å²) in [7, 11) is 0.801. The summed E-state index contributed by atoms with van der Waals surface area (Å²) in [5, 5.41) is 2.07. The van der Waals surface area contributed by atoms with Crippen molar-refractivity contribution in [3.8, 4) is 5.69 Å². The number of halogens is 5. The van der Waals surface area contributed by atoms with Crippen molar-refractivity contribution in [2.24, 2.45) is 7.05 Å². The summed E-state index contributed by atoms with van der Waals surface area (Å²) in [6.45, 7) is 0. The molecule has 0 spiro atoms. The van der Waals surface area contributed by atoms with Crippen LogP contribution in [0.1, 0.15) is 37.8 Å². The first kappa shape index (κ1) is 22.9. The molecule has 1 N–H and O–H groups in total. The lowest BCUT2D eigenvalue weighted by molar-refractivity contribution is -0.144. The van der Waals surface area contributed by atoms with Gasteiger partial charge in [-0.3, -0.25) is 14.7 Å². The van der Waals surface area contributed by atoms with Gasteiger partial charge in [-0.05, 0) is 37.8 Å². The molecule has 7 nitrogen and oxygen atoms in total. The third-order valence-corrected chi connectivity index (χ3v) is 5.26. The number of rotatable bonds is 3. The zero-order valence-corrected chi connectivity index (χ0v) is 17.0. The third kappa shape index (κ3) is 4.92. The molecule has 1 amide bonds. The number of hydrogen-bond donors (Lipinski definition) is 1. The molecule has 168 valence electrons. The number of hydrogen-bond acceptors (Lipinski definition) is 4. The topological polar surface area (TPSA) is 82.3 Å². The van der Waals surface area contributed by atoms with Crippen LogP contribution in [-0.2, 0) is 18.0 Å². The first-order valence-corrected chi connectivity index (χ1v) is 9.74. The van der Waals surface area contributed by atoms with Crippen LogP contribution in [0.5, 0.6) is 0 Å². The Labute approximate surface area is 178 Å². The molecule has 1 saturated carbocycles. The second kappa shape index (κ2) is 8.74. The second-order valence-electron chi connectivity index (χ2n) is 7.12. The van der Waals surface area contributed by atoms with E-state index in [0.717, 1.165) is 38.4 Å². The van der Waals surface area contributed by atoms with Crippen molar-refractivity contribution in [3.05, 3.63) is 55.6 Å². The Morgan fingerprint density at radius 1 is 1.16 bits per heavy atom. The van der Waals surface area contributed by atoms with Gasteiger partial charge in [0.15, 0.2) is 0 Å². The number of nitrogens with zero attached hydrogens (tertiary/aromatic N) is 2. The van der Waals surface area contributed by atoms with Gasteiger partial charge >= 0.3 is 18.0 Å². The molecule has 31 heavy (non-hydrogen) atoms. The Morgan fingerprint density at radius 2 is 1.81 bits per heavy atom. The van der Waals surface area contributed by atoms with Crippen molar-refractivity contribution in [1.82, 2.24) is 9.13 Å². The molecule has 12 heteroatoms. The molecule has 1 aliphatic carbocycles. The molecule has 1 fully saturated rings. The van der Waals surface area contributed by atoms with Crippen molar-refractivity contribution in [2.75, 3.05) is 5.32 Å². The molecule has 1 aliphatic rings. The Balaban J connectivity index is 1.98. The van der Waals surface area contributed by atoms with E-state index >= 15 is 0 Å². The minimum atomic E-state index is -4.96. The van der Waals surface area contributed by atoms with Gasteiger partial charge < -0.3 is 4.74 Å². The molecule has 0 radical (unpaired) electrons. The van der Waals surface area contributed by atoms with Gasteiger partial charge in [0, 0.05) is 13.1 Å². The van der Waals surface area contributed by atoms with E-state index in [1.54, 1.807) is 0 Å². The van der Waals surface area contributed by atoms with Crippen molar-refractivity contribution in [2.45, 2.75) is 44.4 Å². The van der Waals surface area contributed by atoms with Crippen LogP contribution in [-0.4, -0.2) is 21.3 Å². The second-order valence-corrected chi connectivity index (χ2v) is 7.52. The molecular weight excluding hydrogens is 446 g/mol. The highest BCUT2D eigenvalue weighted by Gasteiger charge is 2.35. The lowest BCUT2D eigenvalue weighted by Gasteiger charge is -2.22. The lowest BCUT2D eigenvalue weighted by atomic mass is 9.98. The highest BCUT2D eigenvalue weighted by molar-refractivity contribution is 6.33. The zero-order valence-electron chi connectivity index (χ0n) is 16.3. The molecule has 1 heterocycles. The van der Waals surface area contributed by atoms with E-state index in [1.165, 1.54) is 0 Å². The number of amides is 1. The van der Waals surface area contributed by atoms with E-state index in [9.17, 15) is 31.9 Å². The van der Waals surface area contributed by atoms with Crippen LogP contribution in [0.2, 0.25) is 5.02 Å². The smallest absolute Gasteiger partial charge is 0.431 e. The van der Waals surface area contributed by atoms with Crippen LogP contribution >= 0.6 is 11.6 Å². The molecule has 0 bridgehead atoms. The van der Waals surface area contributed by atoms with Crippen LogP contribution < -0.4 is 16.6 Å². The number of benzene rings is 1. The maximum absolute atomic E-state index is 14.5. The molecular formula is C19H18ClF4N3O4. The quantitative estimate of drug-likeness (QED) is 0.691. The Hall–Kier alpha value is -2.82. The number of carbonyl (C=O) groups excluding carboxylic acids is 1. The summed E-state index contributed by atoms with van der Waals surface area (Å²) in [6, 6.07) is 1.80. The fourth-order valence-corrected chi connectivity index (χ4v) is 3.60. The average Bonchev–Trinajstić information content (AvgIpc) is 2.68. The number of nitrogens with one attached hydrogen (secondary N) is 1. The molecule has 1 aromatic heterocycles. The molecule has 0 unspecified atom stereocenters. The van der Waals surface area contributed by atoms with Gasteiger partial charge in [-0.2, -0.15) is 13.2 Å². The van der Waals surface area contributed by atoms with E-state index < -0.39 is 40.7 Å². The summed E-state index contributed by atoms with van der Waals surface area (Å²) in [5.74, 6) is -1.14. The average molecular weight is 464 g/mol. The van der Waals surface area contributed by atoms with Gasteiger partial charge in [0.25, 0.3) is 5.56 Å². The minimum absolute atomic E-state index is 0.173. The van der Waals surface area contributed by atoms with Crippen molar-refractivity contribution in [1.29, 1.82) is 0 Å². The molecule has 0 aliphatic heterocycles. The first-order valence-electron chi connectivity index (χ1n) is 9.36. The Bertz CT molecular complexity index is 1120. The highest BCUT2D eigenvalue weighted by Crippen LogP contribution is 2.29. The van der Waals surface area contributed by atoms with Gasteiger partial charge in [0.05, 0.1) is 16.4 Å².